The molecular formula is C6H11N3O2. The molecule has 0 aromatic rings. The van der Waals surface area contributed by atoms with Gasteiger partial charge in [-0.25, -0.2) is 0 Å². The Hall–Kier alpha value is -1.12. The van der Waals surface area contributed by atoms with E-state index in [0.29, 0.717) is 13.1 Å². The third-order valence-electron chi connectivity index (χ3n) is 0.995. The largest absolute Gasteiger partial charge is 0.394 e. The van der Waals surface area contributed by atoms with Crippen molar-refractivity contribution in [3.63, 3.8) is 0 Å². The first-order valence-corrected chi connectivity index (χ1v) is 3.24. The first kappa shape index (κ1) is 9.88. The van der Waals surface area contributed by atoms with Gasteiger partial charge in [0.2, 0.25) is 0 Å². The second-order valence-electron chi connectivity index (χ2n) is 1.77. The molecule has 0 rings (SSSR count). The van der Waals surface area contributed by atoms with E-state index >= 15 is 0 Å². The molecule has 0 aliphatic carbocycles. The summed E-state index contributed by atoms with van der Waals surface area (Å²) in [6, 6.07) is 1.72. The van der Waals surface area contributed by atoms with Crippen molar-refractivity contribution in [1.82, 2.24) is 5.01 Å². The number of aliphatic hydroxyl groups excluding tert-OH is 2. The minimum absolute atomic E-state index is 0.0389. The average molecular weight is 157 g/mol. The molecule has 0 spiro atoms. The lowest BCUT2D eigenvalue weighted by atomic mass is 10.6. The van der Waals surface area contributed by atoms with Crippen molar-refractivity contribution in [2.75, 3.05) is 26.3 Å². The quantitative estimate of drug-likeness (QED) is 0.387. The fourth-order valence-corrected chi connectivity index (χ4v) is 0.566. The molecule has 0 saturated heterocycles. The number of hydrazone groups is 1. The summed E-state index contributed by atoms with van der Waals surface area (Å²) in [7, 11) is 0. The molecule has 2 N–H and O–H groups in total. The van der Waals surface area contributed by atoms with Gasteiger partial charge in [0, 0.05) is 0 Å². The van der Waals surface area contributed by atoms with Gasteiger partial charge in [0.05, 0.1) is 26.3 Å². The number of hydrogen-bond acceptors (Lipinski definition) is 5. The minimum atomic E-state index is -0.0389. The van der Waals surface area contributed by atoms with E-state index in [1.54, 1.807) is 6.07 Å². The van der Waals surface area contributed by atoms with Crippen molar-refractivity contribution < 1.29 is 10.2 Å². The second-order valence-corrected chi connectivity index (χ2v) is 1.77. The summed E-state index contributed by atoms with van der Waals surface area (Å²) in [6.07, 6.45) is 1.06. The first-order chi connectivity index (χ1) is 5.35. The van der Waals surface area contributed by atoms with Gasteiger partial charge in [-0.15, -0.1) is 0 Å². The molecule has 0 unspecified atom stereocenters. The standard InChI is InChI=1S/C6H11N3O2/c7-1-2-8-9(3-5-10)4-6-11/h2,10-11H,3-6H2. The zero-order valence-corrected chi connectivity index (χ0v) is 6.14. The van der Waals surface area contributed by atoms with Crippen LogP contribution in [-0.2, 0) is 0 Å². The Bertz CT molecular complexity index is 146. The molecule has 0 aliphatic rings. The third kappa shape index (κ3) is 5.33. The van der Waals surface area contributed by atoms with E-state index in [1.807, 2.05) is 0 Å². The Kier molecular flexibility index (Phi) is 6.28. The van der Waals surface area contributed by atoms with Crippen molar-refractivity contribution in [2.45, 2.75) is 0 Å². The van der Waals surface area contributed by atoms with Crippen molar-refractivity contribution >= 4 is 6.21 Å². The van der Waals surface area contributed by atoms with Crippen LogP contribution in [0.4, 0.5) is 0 Å². The highest BCUT2D eigenvalue weighted by Crippen LogP contribution is 1.85. The van der Waals surface area contributed by atoms with Gasteiger partial charge in [0.1, 0.15) is 12.3 Å². The number of rotatable bonds is 5. The SMILES string of the molecule is N#CC=NN(CCO)CCO. The van der Waals surface area contributed by atoms with Crippen LogP contribution < -0.4 is 0 Å². The maximum atomic E-state index is 8.48. The van der Waals surface area contributed by atoms with Crippen LogP contribution in [0.2, 0.25) is 0 Å². The summed E-state index contributed by atoms with van der Waals surface area (Å²) in [5.41, 5.74) is 0. The van der Waals surface area contributed by atoms with Crippen molar-refractivity contribution in [2.24, 2.45) is 5.10 Å². The van der Waals surface area contributed by atoms with Crippen LogP contribution in [0.5, 0.6) is 0 Å². The van der Waals surface area contributed by atoms with Gasteiger partial charge >= 0.3 is 0 Å². The van der Waals surface area contributed by atoms with Crippen molar-refractivity contribution in [1.29, 1.82) is 5.26 Å². The molecule has 62 valence electrons. The summed E-state index contributed by atoms with van der Waals surface area (Å²) < 4.78 is 0. The normalized spacial score (nSPS) is 9.91. The Morgan fingerprint density at radius 3 is 2.27 bits per heavy atom. The van der Waals surface area contributed by atoms with Crippen LogP contribution in [0.1, 0.15) is 0 Å². The lowest BCUT2D eigenvalue weighted by Crippen LogP contribution is -2.24. The molecule has 0 radical (unpaired) electrons. The Labute approximate surface area is 65.2 Å². The first-order valence-electron chi connectivity index (χ1n) is 3.24. The van der Waals surface area contributed by atoms with Gasteiger partial charge in [-0.05, 0) is 0 Å². The number of nitrogens with zero attached hydrogens (tertiary/aromatic N) is 3. The van der Waals surface area contributed by atoms with Gasteiger partial charge in [-0.1, -0.05) is 0 Å². The molecule has 5 heteroatoms. The smallest absolute Gasteiger partial charge is 0.124 e. The highest BCUT2D eigenvalue weighted by atomic mass is 16.3. The molecular weight excluding hydrogens is 146 g/mol. The summed E-state index contributed by atoms with van der Waals surface area (Å²) >= 11 is 0. The Balaban J connectivity index is 3.70. The van der Waals surface area contributed by atoms with Crippen LogP contribution >= 0.6 is 0 Å². The maximum Gasteiger partial charge on any atom is 0.124 e. The molecule has 0 atom stereocenters. The highest BCUT2D eigenvalue weighted by Gasteiger charge is 1.95. The minimum Gasteiger partial charge on any atom is -0.394 e. The Morgan fingerprint density at radius 2 is 1.91 bits per heavy atom. The lowest BCUT2D eigenvalue weighted by molar-refractivity contribution is 0.166. The fourth-order valence-electron chi connectivity index (χ4n) is 0.566. The lowest BCUT2D eigenvalue weighted by Gasteiger charge is -2.14. The molecule has 0 heterocycles. The molecule has 0 saturated carbocycles. The van der Waals surface area contributed by atoms with Gasteiger partial charge < -0.3 is 10.2 Å². The Morgan fingerprint density at radius 1 is 1.36 bits per heavy atom. The zero-order chi connectivity index (χ0) is 8.53. The van der Waals surface area contributed by atoms with E-state index in [0.717, 1.165) is 6.21 Å². The van der Waals surface area contributed by atoms with E-state index in [4.69, 9.17) is 15.5 Å². The molecule has 0 bridgehead atoms. The molecule has 0 fully saturated rings. The third-order valence-corrected chi connectivity index (χ3v) is 0.995. The number of nitriles is 1. The molecule has 11 heavy (non-hydrogen) atoms. The van der Waals surface area contributed by atoms with Gasteiger partial charge in [0.15, 0.2) is 0 Å². The molecule has 0 aliphatic heterocycles. The van der Waals surface area contributed by atoms with E-state index in [-0.39, 0.29) is 13.2 Å². The van der Waals surface area contributed by atoms with Gasteiger partial charge in [-0.2, -0.15) is 10.4 Å². The molecule has 0 amide bonds. The van der Waals surface area contributed by atoms with Crippen LogP contribution in [0.15, 0.2) is 5.10 Å². The van der Waals surface area contributed by atoms with E-state index in [9.17, 15) is 0 Å². The fraction of sp³-hybridized carbons (Fsp3) is 0.667. The second kappa shape index (κ2) is 6.99. The zero-order valence-electron chi connectivity index (χ0n) is 6.14. The predicted octanol–water partition coefficient (Wildman–Crippen LogP) is -1.22. The van der Waals surface area contributed by atoms with Gasteiger partial charge in [-0.3, -0.25) is 5.01 Å². The maximum absolute atomic E-state index is 8.48. The number of aliphatic hydroxyl groups is 2. The summed E-state index contributed by atoms with van der Waals surface area (Å²) in [5.74, 6) is 0. The summed E-state index contributed by atoms with van der Waals surface area (Å²) in [6.45, 7) is 0.586. The van der Waals surface area contributed by atoms with Crippen LogP contribution in [0.25, 0.3) is 0 Å². The molecule has 5 nitrogen and oxygen atoms in total. The predicted molar refractivity (Wildman–Crippen MR) is 39.8 cm³/mol. The van der Waals surface area contributed by atoms with Crippen LogP contribution in [-0.4, -0.2) is 47.7 Å². The van der Waals surface area contributed by atoms with Crippen molar-refractivity contribution in [3.05, 3.63) is 0 Å². The topological polar surface area (TPSA) is 79.9 Å². The average Bonchev–Trinajstić information content (AvgIpc) is 2.01. The molecule has 0 aromatic heterocycles. The highest BCUT2D eigenvalue weighted by molar-refractivity contribution is 5.74. The number of hydrogen-bond donors (Lipinski definition) is 2. The van der Waals surface area contributed by atoms with Gasteiger partial charge in [0.25, 0.3) is 0 Å². The summed E-state index contributed by atoms with van der Waals surface area (Å²) in [4.78, 5) is 0. The van der Waals surface area contributed by atoms with E-state index < -0.39 is 0 Å². The summed E-state index contributed by atoms with van der Waals surface area (Å²) in [5, 5.41) is 30.1. The van der Waals surface area contributed by atoms with Crippen LogP contribution in [0, 0.1) is 11.3 Å². The van der Waals surface area contributed by atoms with Crippen molar-refractivity contribution in [3.8, 4) is 6.07 Å². The van der Waals surface area contributed by atoms with E-state index in [1.165, 1.54) is 5.01 Å². The van der Waals surface area contributed by atoms with Crippen LogP contribution in [0.3, 0.4) is 0 Å². The molecule has 0 aromatic carbocycles. The monoisotopic (exact) mass is 157 g/mol. The van der Waals surface area contributed by atoms with E-state index in [2.05, 4.69) is 5.10 Å².